The Morgan fingerprint density at radius 2 is 1.74 bits per heavy atom. The van der Waals surface area contributed by atoms with Crippen LogP contribution in [-0.4, -0.2) is 62.3 Å². The van der Waals surface area contributed by atoms with Crippen LogP contribution in [0.5, 0.6) is 0 Å². The van der Waals surface area contributed by atoms with Crippen molar-refractivity contribution in [3.05, 3.63) is 60.4 Å². The van der Waals surface area contributed by atoms with Gasteiger partial charge in [0, 0.05) is 74.7 Å². The Morgan fingerprint density at radius 1 is 1.09 bits per heavy atom. The molecular formula is C23H25F3N6O3. The molecule has 0 bridgehead atoms. The zero-order valence-electron chi connectivity index (χ0n) is 19.0. The number of halogens is 3. The van der Waals surface area contributed by atoms with Gasteiger partial charge in [0.05, 0.1) is 0 Å². The number of carbonyl (C=O) groups is 2. The van der Waals surface area contributed by atoms with E-state index in [0.29, 0.717) is 18.7 Å². The molecule has 1 amide bonds. The van der Waals surface area contributed by atoms with Crippen LogP contribution in [0.2, 0.25) is 0 Å². The fourth-order valence-electron chi connectivity index (χ4n) is 3.44. The molecular weight excluding hydrogens is 465 g/mol. The highest BCUT2D eigenvalue weighted by molar-refractivity contribution is 5.94. The minimum Gasteiger partial charge on any atom is -0.475 e. The third kappa shape index (κ3) is 7.26. The van der Waals surface area contributed by atoms with Gasteiger partial charge in [-0.1, -0.05) is 6.07 Å². The standard InChI is InChI=1S/C21H24N6O.C2HF3O2/c1-26-15-16(17-13-24-21(25-14-17)27-10-4-5-11-27)12-19(26)20(28)23-9-7-18-6-2-3-8-22-18;3-2(4,5)1(6)7/h2-3,6,8,12-15H,4-5,7,9-11H2,1H3,(H,23,28);(H,6,7). The molecule has 0 spiro atoms. The summed E-state index contributed by atoms with van der Waals surface area (Å²) in [5.41, 5.74) is 3.42. The number of hydrogen-bond acceptors (Lipinski definition) is 6. The van der Waals surface area contributed by atoms with E-state index in [4.69, 9.17) is 9.90 Å². The molecule has 0 saturated carbocycles. The molecule has 12 heteroatoms. The van der Waals surface area contributed by atoms with Crippen LogP contribution in [0.15, 0.2) is 49.1 Å². The first kappa shape index (κ1) is 25.7. The number of hydrogen-bond donors (Lipinski definition) is 2. The average molecular weight is 490 g/mol. The second-order valence-electron chi connectivity index (χ2n) is 7.82. The second kappa shape index (κ2) is 11.4. The lowest BCUT2D eigenvalue weighted by Crippen LogP contribution is -2.27. The van der Waals surface area contributed by atoms with Crippen LogP contribution in [0.1, 0.15) is 29.0 Å². The van der Waals surface area contributed by atoms with Gasteiger partial charge in [0.25, 0.3) is 5.91 Å². The number of carboxylic acids is 1. The summed E-state index contributed by atoms with van der Waals surface area (Å²) in [5, 5.41) is 10.1. The first-order chi connectivity index (χ1) is 16.6. The maximum atomic E-state index is 12.5. The van der Waals surface area contributed by atoms with E-state index in [0.717, 1.165) is 35.9 Å². The van der Waals surface area contributed by atoms with Crippen molar-refractivity contribution in [2.24, 2.45) is 7.05 Å². The van der Waals surface area contributed by atoms with Crippen molar-refractivity contribution in [3.63, 3.8) is 0 Å². The van der Waals surface area contributed by atoms with E-state index in [9.17, 15) is 18.0 Å². The van der Waals surface area contributed by atoms with E-state index in [1.54, 1.807) is 6.20 Å². The lowest BCUT2D eigenvalue weighted by Gasteiger charge is -2.14. The van der Waals surface area contributed by atoms with Crippen molar-refractivity contribution in [3.8, 4) is 11.1 Å². The third-order valence-corrected chi connectivity index (χ3v) is 5.23. The number of nitrogens with zero attached hydrogens (tertiary/aromatic N) is 5. The minimum atomic E-state index is -5.08. The molecule has 0 unspecified atom stereocenters. The van der Waals surface area contributed by atoms with Crippen molar-refractivity contribution in [2.75, 3.05) is 24.5 Å². The van der Waals surface area contributed by atoms with E-state index < -0.39 is 12.1 Å². The summed E-state index contributed by atoms with van der Waals surface area (Å²) in [7, 11) is 1.87. The van der Waals surface area contributed by atoms with Gasteiger partial charge in [-0.05, 0) is 31.0 Å². The van der Waals surface area contributed by atoms with E-state index in [-0.39, 0.29) is 5.91 Å². The molecule has 1 saturated heterocycles. The van der Waals surface area contributed by atoms with Crippen LogP contribution in [0.3, 0.4) is 0 Å². The zero-order valence-corrected chi connectivity index (χ0v) is 19.0. The van der Waals surface area contributed by atoms with E-state index in [2.05, 4.69) is 25.2 Å². The highest BCUT2D eigenvalue weighted by atomic mass is 19.4. The number of pyridine rings is 1. The Bertz CT molecular complexity index is 1130. The first-order valence-electron chi connectivity index (χ1n) is 10.9. The van der Waals surface area contributed by atoms with E-state index in [1.807, 2.05) is 54.5 Å². The topological polar surface area (TPSA) is 113 Å². The molecule has 0 aliphatic carbocycles. The molecule has 4 rings (SSSR count). The number of carbonyl (C=O) groups excluding carboxylic acids is 1. The number of aliphatic carboxylic acids is 1. The number of anilines is 1. The lowest BCUT2D eigenvalue weighted by atomic mass is 10.2. The van der Waals surface area contributed by atoms with Crippen LogP contribution >= 0.6 is 0 Å². The van der Waals surface area contributed by atoms with Gasteiger partial charge in [-0.3, -0.25) is 9.78 Å². The molecule has 1 aliphatic rings. The van der Waals surface area contributed by atoms with Gasteiger partial charge in [-0.25, -0.2) is 14.8 Å². The average Bonchev–Trinajstić information content (AvgIpc) is 3.50. The van der Waals surface area contributed by atoms with Crippen molar-refractivity contribution in [1.82, 2.24) is 24.8 Å². The first-order valence-corrected chi connectivity index (χ1v) is 10.9. The molecule has 35 heavy (non-hydrogen) atoms. The Morgan fingerprint density at radius 3 is 2.31 bits per heavy atom. The Balaban J connectivity index is 0.000000429. The molecule has 2 N–H and O–H groups in total. The monoisotopic (exact) mass is 490 g/mol. The molecule has 4 heterocycles. The van der Waals surface area contributed by atoms with Gasteiger partial charge in [0.2, 0.25) is 5.95 Å². The van der Waals surface area contributed by atoms with Crippen molar-refractivity contribution in [2.45, 2.75) is 25.4 Å². The highest BCUT2D eigenvalue weighted by Crippen LogP contribution is 2.23. The van der Waals surface area contributed by atoms with Gasteiger partial charge in [0.1, 0.15) is 5.69 Å². The van der Waals surface area contributed by atoms with Crippen LogP contribution in [-0.2, 0) is 18.3 Å². The summed E-state index contributed by atoms with van der Waals surface area (Å²) >= 11 is 0. The van der Waals surface area contributed by atoms with Gasteiger partial charge >= 0.3 is 12.1 Å². The molecule has 0 aromatic carbocycles. The predicted molar refractivity (Wildman–Crippen MR) is 122 cm³/mol. The van der Waals surface area contributed by atoms with E-state index in [1.165, 1.54) is 12.8 Å². The summed E-state index contributed by atoms with van der Waals surface area (Å²) in [5.74, 6) is -2.07. The van der Waals surface area contributed by atoms with Crippen molar-refractivity contribution < 1.29 is 27.9 Å². The number of amides is 1. The Kier molecular flexibility index (Phi) is 8.39. The zero-order chi connectivity index (χ0) is 25.4. The molecule has 186 valence electrons. The molecule has 3 aromatic rings. The van der Waals surface area contributed by atoms with Crippen LogP contribution in [0.4, 0.5) is 19.1 Å². The number of carboxylic acid groups (broad SMARTS) is 1. The molecule has 9 nitrogen and oxygen atoms in total. The SMILES string of the molecule is Cn1cc(-c2cnc(N3CCCC3)nc2)cc1C(=O)NCCc1ccccn1.O=C(O)C(F)(F)F. The maximum absolute atomic E-state index is 12.5. The number of alkyl halides is 3. The fourth-order valence-corrected chi connectivity index (χ4v) is 3.44. The van der Waals surface area contributed by atoms with Crippen LogP contribution in [0.25, 0.3) is 11.1 Å². The third-order valence-electron chi connectivity index (χ3n) is 5.23. The summed E-state index contributed by atoms with van der Waals surface area (Å²) in [6, 6.07) is 7.67. The highest BCUT2D eigenvalue weighted by Gasteiger charge is 2.38. The Labute approximate surface area is 199 Å². The summed E-state index contributed by atoms with van der Waals surface area (Å²) in [6.45, 7) is 2.59. The van der Waals surface area contributed by atoms with Gasteiger partial charge < -0.3 is 19.9 Å². The van der Waals surface area contributed by atoms with Crippen LogP contribution < -0.4 is 10.2 Å². The minimum absolute atomic E-state index is 0.0979. The number of nitrogens with one attached hydrogen (secondary N) is 1. The van der Waals surface area contributed by atoms with E-state index >= 15 is 0 Å². The second-order valence-corrected chi connectivity index (χ2v) is 7.82. The number of aromatic nitrogens is 4. The summed E-state index contributed by atoms with van der Waals surface area (Å²) in [4.78, 5) is 36.9. The normalized spacial score (nSPS) is 13.2. The van der Waals surface area contributed by atoms with Crippen LogP contribution in [0, 0.1) is 0 Å². The maximum Gasteiger partial charge on any atom is 0.490 e. The quantitative estimate of drug-likeness (QED) is 0.546. The lowest BCUT2D eigenvalue weighted by molar-refractivity contribution is -0.192. The smallest absolute Gasteiger partial charge is 0.475 e. The van der Waals surface area contributed by atoms with Gasteiger partial charge in [-0.15, -0.1) is 0 Å². The predicted octanol–water partition coefficient (Wildman–Crippen LogP) is 3.08. The van der Waals surface area contributed by atoms with Gasteiger partial charge in [-0.2, -0.15) is 13.2 Å². The fraction of sp³-hybridized carbons (Fsp3) is 0.348. The van der Waals surface area contributed by atoms with Crippen molar-refractivity contribution in [1.29, 1.82) is 0 Å². The summed E-state index contributed by atoms with van der Waals surface area (Å²) < 4.78 is 33.6. The molecule has 0 radical (unpaired) electrons. The van der Waals surface area contributed by atoms with Gasteiger partial charge in [0.15, 0.2) is 0 Å². The molecule has 1 fully saturated rings. The molecule has 3 aromatic heterocycles. The number of aryl methyl sites for hydroxylation is 1. The Hall–Kier alpha value is -3.96. The largest absolute Gasteiger partial charge is 0.490 e. The molecule has 0 atom stereocenters. The number of rotatable bonds is 6. The molecule has 1 aliphatic heterocycles. The van der Waals surface area contributed by atoms with Crippen molar-refractivity contribution >= 4 is 17.8 Å². The summed E-state index contributed by atoms with van der Waals surface area (Å²) in [6.07, 6.45) is 5.37.